The summed E-state index contributed by atoms with van der Waals surface area (Å²) in [5.41, 5.74) is 0.254. The molecule has 1 amide bonds. The van der Waals surface area contributed by atoms with Crippen molar-refractivity contribution in [3.05, 3.63) is 23.2 Å². The number of Topliss-reactive ketones (excluding diaryl/α,β-unsaturated/α-hetero) is 1. The summed E-state index contributed by atoms with van der Waals surface area (Å²) in [5.74, 6) is -0.432. The summed E-state index contributed by atoms with van der Waals surface area (Å²) in [6.07, 6.45) is 0. The maximum Gasteiger partial charge on any atom is 0.296 e. The summed E-state index contributed by atoms with van der Waals surface area (Å²) >= 11 is 0. The van der Waals surface area contributed by atoms with Gasteiger partial charge in [-0.2, -0.15) is 0 Å². The van der Waals surface area contributed by atoms with Gasteiger partial charge in [-0.25, -0.2) is 0 Å². The Kier molecular flexibility index (Phi) is 3.94. The van der Waals surface area contributed by atoms with Crippen LogP contribution in [0.5, 0.6) is 0 Å². The number of amides is 1. The third-order valence-corrected chi connectivity index (χ3v) is 2.52. The molecule has 0 radical (unpaired) electrons. The van der Waals surface area contributed by atoms with Crippen LogP contribution in [0.4, 0.5) is 0 Å². The van der Waals surface area contributed by atoms with E-state index in [0.29, 0.717) is 0 Å². The Balaban J connectivity index is 2.99. The number of aryl methyl sites for hydroxylation is 1. The van der Waals surface area contributed by atoms with Crippen molar-refractivity contribution in [2.75, 3.05) is 0 Å². The number of nitrogens with one attached hydrogen (secondary N) is 1. The smallest absolute Gasteiger partial charge is 0.296 e. The summed E-state index contributed by atoms with van der Waals surface area (Å²) < 4.78 is 5.57. The van der Waals surface area contributed by atoms with Gasteiger partial charge in [-0.1, -0.05) is 20.8 Å². The average molecular weight is 265 g/mol. The Hall–Kier alpha value is -1.58. The minimum Gasteiger partial charge on any atom is -0.457 e. The molecular formula is C15H23NO3. The largest absolute Gasteiger partial charge is 0.457 e. The fraction of sp³-hybridized carbons (Fsp3) is 0.600. The summed E-state index contributed by atoms with van der Waals surface area (Å²) in [5, 5.41) is 2.64. The number of ketones is 1. The van der Waals surface area contributed by atoms with Gasteiger partial charge in [0, 0.05) is 11.0 Å². The SMILES string of the molecule is Cc1cc(C(=O)C(=O)NC(C)(C)C)oc1C(C)(C)C. The van der Waals surface area contributed by atoms with Gasteiger partial charge >= 0.3 is 0 Å². The van der Waals surface area contributed by atoms with Gasteiger partial charge in [0.2, 0.25) is 0 Å². The second kappa shape index (κ2) is 4.83. The van der Waals surface area contributed by atoms with E-state index in [0.717, 1.165) is 11.3 Å². The summed E-state index contributed by atoms with van der Waals surface area (Å²) in [7, 11) is 0. The van der Waals surface area contributed by atoms with Crippen LogP contribution >= 0.6 is 0 Å². The highest BCUT2D eigenvalue weighted by molar-refractivity contribution is 6.42. The first-order valence-electron chi connectivity index (χ1n) is 6.39. The van der Waals surface area contributed by atoms with Crippen LogP contribution in [0.1, 0.15) is 63.4 Å². The summed E-state index contributed by atoms with van der Waals surface area (Å²) in [6, 6.07) is 1.63. The highest BCUT2D eigenvalue weighted by Gasteiger charge is 2.28. The topological polar surface area (TPSA) is 59.3 Å². The average Bonchev–Trinajstić information content (AvgIpc) is 2.55. The fourth-order valence-corrected chi connectivity index (χ4v) is 1.85. The second-order valence-electron chi connectivity index (χ2n) is 6.91. The van der Waals surface area contributed by atoms with E-state index in [9.17, 15) is 9.59 Å². The molecule has 19 heavy (non-hydrogen) atoms. The highest BCUT2D eigenvalue weighted by Crippen LogP contribution is 2.28. The van der Waals surface area contributed by atoms with Gasteiger partial charge in [0.25, 0.3) is 11.7 Å². The summed E-state index contributed by atoms with van der Waals surface area (Å²) in [6.45, 7) is 13.4. The first kappa shape index (κ1) is 15.5. The van der Waals surface area contributed by atoms with Crippen LogP contribution in [0, 0.1) is 6.92 Å². The minimum absolute atomic E-state index is 0.101. The van der Waals surface area contributed by atoms with Gasteiger partial charge in [0.15, 0.2) is 5.76 Å². The first-order chi connectivity index (χ1) is 8.42. The molecule has 0 aromatic carbocycles. The van der Waals surface area contributed by atoms with Gasteiger partial charge in [0.05, 0.1) is 0 Å². The van der Waals surface area contributed by atoms with Gasteiger partial charge in [-0.05, 0) is 39.3 Å². The number of furan rings is 1. The van der Waals surface area contributed by atoms with E-state index in [2.05, 4.69) is 5.32 Å². The zero-order valence-corrected chi connectivity index (χ0v) is 12.8. The van der Waals surface area contributed by atoms with Gasteiger partial charge in [0.1, 0.15) is 5.76 Å². The maximum absolute atomic E-state index is 12.0. The van der Waals surface area contributed by atoms with Gasteiger partial charge in [-0.15, -0.1) is 0 Å². The second-order valence-corrected chi connectivity index (χ2v) is 6.91. The van der Waals surface area contributed by atoms with Crippen molar-refractivity contribution in [1.82, 2.24) is 5.32 Å². The Morgan fingerprint density at radius 1 is 1.11 bits per heavy atom. The molecule has 1 N–H and O–H groups in total. The van der Waals surface area contributed by atoms with E-state index in [1.807, 2.05) is 48.5 Å². The zero-order chi connectivity index (χ0) is 15.0. The maximum atomic E-state index is 12.0. The van der Waals surface area contributed by atoms with Gasteiger partial charge in [-0.3, -0.25) is 9.59 Å². The molecule has 1 aromatic rings. The lowest BCUT2D eigenvalue weighted by molar-refractivity contribution is -0.118. The van der Waals surface area contributed by atoms with Crippen molar-refractivity contribution in [3.63, 3.8) is 0 Å². The predicted molar refractivity (Wildman–Crippen MR) is 74.4 cm³/mol. The van der Waals surface area contributed by atoms with Crippen molar-refractivity contribution in [2.24, 2.45) is 0 Å². The molecule has 1 heterocycles. The van der Waals surface area contributed by atoms with E-state index in [-0.39, 0.29) is 11.2 Å². The molecule has 4 nitrogen and oxygen atoms in total. The van der Waals surface area contributed by atoms with E-state index >= 15 is 0 Å². The lowest BCUT2D eigenvalue weighted by atomic mass is 9.91. The number of hydrogen-bond donors (Lipinski definition) is 1. The van der Waals surface area contributed by atoms with Gasteiger partial charge < -0.3 is 9.73 Å². The van der Waals surface area contributed by atoms with Crippen molar-refractivity contribution >= 4 is 11.7 Å². The molecule has 0 fully saturated rings. The molecule has 0 saturated heterocycles. The van der Waals surface area contributed by atoms with Crippen LogP contribution in [0.25, 0.3) is 0 Å². The van der Waals surface area contributed by atoms with E-state index in [1.165, 1.54) is 0 Å². The van der Waals surface area contributed by atoms with Crippen LogP contribution < -0.4 is 5.32 Å². The van der Waals surface area contributed by atoms with Crippen molar-refractivity contribution < 1.29 is 14.0 Å². The highest BCUT2D eigenvalue weighted by atomic mass is 16.4. The van der Waals surface area contributed by atoms with Crippen LogP contribution in [0.15, 0.2) is 10.5 Å². The summed E-state index contributed by atoms with van der Waals surface area (Å²) in [4.78, 5) is 23.8. The van der Waals surface area contributed by atoms with Crippen LogP contribution in [-0.2, 0) is 10.2 Å². The van der Waals surface area contributed by atoms with Crippen molar-refractivity contribution in [2.45, 2.75) is 59.4 Å². The minimum atomic E-state index is -0.637. The van der Waals surface area contributed by atoms with E-state index in [1.54, 1.807) is 6.07 Å². The molecule has 0 aliphatic rings. The van der Waals surface area contributed by atoms with Crippen LogP contribution in [0.3, 0.4) is 0 Å². The normalized spacial score (nSPS) is 12.4. The Bertz CT molecular complexity index is 498. The number of carbonyl (C=O) groups is 2. The quantitative estimate of drug-likeness (QED) is 0.660. The third kappa shape index (κ3) is 3.94. The monoisotopic (exact) mass is 265 g/mol. The third-order valence-electron chi connectivity index (χ3n) is 2.52. The lowest BCUT2D eigenvalue weighted by Gasteiger charge is -2.19. The first-order valence-corrected chi connectivity index (χ1v) is 6.39. The van der Waals surface area contributed by atoms with Crippen molar-refractivity contribution in [1.29, 1.82) is 0 Å². The van der Waals surface area contributed by atoms with Crippen LogP contribution in [0.2, 0.25) is 0 Å². The molecule has 106 valence electrons. The fourth-order valence-electron chi connectivity index (χ4n) is 1.85. The number of hydrogen-bond acceptors (Lipinski definition) is 3. The molecule has 0 spiro atoms. The molecule has 0 unspecified atom stereocenters. The molecular weight excluding hydrogens is 242 g/mol. The van der Waals surface area contributed by atoms with E-state index in [4.69, 9.17) is 4.42 Å². The molecule has 1 aromatic heterocycles. The molecule has 1 rings (SSSR count). The van der Waals surface area contributed by atoms with Crippen LogP contribution in [-0.4, -0.2) is 17.2 Å². The zero-order valence-electron chi connectivity index (χ0n) is 12.8. The molecule has 0 aliphatic carbocycles. The van der Waals surface area contributed by atoms with E-state index < -0.39 is 17.2 Å². The Morgan fingerprint density at radius 3 is 2.00 bits per heavy atom. The number of carbonyl (C=O) groups excluding carboxylic acids is 2. The molecule has 4 heteroatoms. The Morgan fingerprint density at radius 2 is 1.63 bits per heavy atom. The predicted octanol–water partition coefficient (Wildman–Crippen LogP) is 2.98. The Labute approximate surface area is 114 Å². The molecule has 0 aliphatic heterocycles. The van der Waals surface area contributed by atoms with Crippen molar-refractivity contribution in [3.8, 4) is 0 Å². The molecule has 0 atom stereocenters. The number of rotatable bonds is 2. The molecule has 0 saturated carbocycles. The lowest BCUT2D eigenvalue weighted by Crippen LogP contribution is -2.44. The molecule has 0 bridgehead atoms. The standard InChI is InChI=1S/C15H23NO3/c1-9-8-10(19-12(9)14(2,3)4)11(17)13(18)16-15(5,6)7/h8H,1-7H3,(H,16,18).